The fourth-order valence-corrected chi connectivity index (χ4v) is 5.65. The molecular formula is C14H26N2O4S. The molecule has 0 aliphatic carbocycles. The van der Waals surface area contributed by atoms with Crippen LogP contribution < -0.4 is 0 Å². The van der Waals surface area contributed by atoms with E-state index in [0.29, 0.717) is 45.3 Å². The van der Waals surface area contributed by atoms with Gasteiger partial charge < -0.3 is 5.11 Å². The Morgan fingerprint density at radius 1 is 1.10 bits per heavy atom. The van der Waals surface area contributed by atoms with Gasteiger partial charge in [-0.15, -0.1) is 0 Å². The van der Waals surface area contributed by atoms with E-state index < -0.39 is 21.7 Å². The van der Waals surface area contributed by atoms with Crippen LogP contribution in [0.1, 0.15) is 58.3 Å². The molecule has 21 heavy (non-hydrogen) atoms. The number of carboxylic acids is 1. The van der Waals surface area contributed by atoms with Gasteiger partial charge in [-0.05, 0) is 32.1 Å². The molecular weight excluding hydrogens is 292 g/mol. The van der Waals surface area contributed by atoms with Gasteiger partial charge in [-0.3, -0.25) is 4.79 Å². The van der Waals surface area contributed by atoms with Crippen molar-refractivity contribution in [2.45, 2.75) is 63.8 Å². The number of nitrogens with zero attached hydrogens (tertiary/aromatic N) is 2. The second-order valence-electron chi connectivity index (χ2n) is 6.08. The summed E-state index contributed by atoms with van der Waals surface area (Å²) < 4.78 is 28.6. The molecule has 1 unspecified atom stereocenters. The van der Waals surface area contributed by atoms with Crippen molar-refractivity contribution in [3.05, 3.63) is 0 Å². The highest BCUT2D eigenvalue weighted by Gasteiger charge is 2.53. The Balaban J connectivity index is 2.30. The van der Waals surface area contributed by atoms with Crippen LogP contribution in [0.2, 0.25) is 0 Å². The molecule has 0 aromatic carbocycles. The first kappa shape index (κ1) is 16.7. The molecule has 1 atom stereocenters. The highest BCUT2D eigenvalue weighted by molar-refractivity contribution is 7.86. The van der Waals surface area contributed by atoms with E-state index in [1.165, 1.54) is 8.61 Å². The molecule has 0 bridgehead atoms. The monoisotopic (exact) mass is 318 g/mol. The van der Waals surface area contributed by atoms with E-state index in [9.17, 15) is 18.3 Å². The average Bonchev–Trinajstić information content (AvgIpc) is 2.69. The lowest BCUT2D eigenvalue weighted by molar-refractivity contribution is -0.147. The van der Waals surface area contributed by atoms with Gasteiger partial charge in [0, 0.05) is 19.6 Å². The molecule has 2 saturated heterocycles. The summed E-state index contributed by atoms with van der Waals surface area (Å²) in [4.78, 5) is 11.8. The van der Waals surface area contributed by atoms with Crippen molar-refractivity contribution in [2.75, 3.05) is 19.6 Å². The van der Waals surface area contributed by atoms with Crippen LogP contribution in [0.4, 0.5) is 0 Å². The molecule has 2 aliphatic heterocycles. The Morgan fingerprint density at radius 3 is 2.24 bits per heavy atom. The lowest BCUT2D eigenvalue weighted by Crippen LogP contribution is -2.57. The summed E-state index contributed by atoms with van der Waals surface area (Å²) in [6, 6.07) is 0. The lowest BCUT2D eigenvalue weighted by Gasteiger charge is -2.36. The van der Waals surface area contributed by atoms with E-state index in [2.05, 4.69) is 0 Å². The van der Waals surface area contributed by atoms with Crippen molar-refractivity contribution in [3.8, 4) is 0 Å². The minimum Gasteiger partial charge on any atom is -0.480 e. The van der Waals surface area contributed by atoms with Crippen molar-refractivity contribution in [3.63, 3.8) is 0 Å². The first-order chi connectivity index (χ1) is 9.95. The van der Waals surface area contributed by atoms with Crippen LogP contribution in [-0.2, 0) is 15.0 Å². The van der Waals surface area contributed by atoms with Crippen LogP contribution in [0.5, 0.6) is 0 Å². The van der Waals surface area contributed by atoms with Gasteiger partial charge in [0.1, 0.15) is 5.54 Å². The van der Waals surface area contributed by atoms with Crippen molar-refractivity contribution in [1.29, 1.82) is 0 Å². The molecule has 0 amide bonds. The fourth-order valence-electron chi connectivity index (χ4n) is 3.59. The molecule has 0 saturated carbocycles. The Bertz CT molecular complexity index is 471. The third-order valence-corrected chi connectivity index (χ3v) is 6.77. The Morgan fingerprint density at radius 2 is 1.71 bits per heavy atom. The zero-order valence-electron chi connectivity index (χ0n) is 12.8. The minimum absolute atomic E-state index is 0.325. The molecule has 2 heterocycles. The molecule has 0 radical (unpaired) electrons. The van der Waals surface area contributed by atoms with Crippen LogP contribution in [0.3, 0.4) is 0 Å². The molecule has 2 aliphatic rings. The fraction of sp³-hybridized carbons (Fsp3) is 0.929. The van der Waals surface area contributed by atoms with Crippen molar-refractivity contribution >= 4 is 16.2 Å². The Labute approximate surface area is 127 Å². The summed E-state index contributed by atoms with van der Waals surface area (Å²) in [5.41, 5.74) is -1.24. The summed E-state index contributed by atoms with van der Waals surface area (Å²) in [6.45, 7) is 3.26. The van der Waals surface area contributed by atoms with Crippen LogP contribution in [0, 0.1) is 0 Å². The molecule has 0 aromatic rings. The van der Waals surface area contributed by atoms with Gasteiger partial charge in [-0.1, -0.05) is 26.2 Å². The molecule has 0 spiro atoms. The average molecular weight is 318 g/mol. The number of hydrogen-bond donors (Lipinski definition) is 1. The SMILES string of the molecule is CCCC1(C(=O)O)CCCN1S(=O)(=O)N1CCCCCC1. The predicted molar refractivity (Wildman–Crippen MR) is 80.2 cm³/mol. The topological polar surface area (TPSA) is 77.9 Å². The summed E-state index contributed by atoms with van der Waals surface area (Å²) in [6.07, 6.45) is 5.91. The van der Waals surface area contributed by atoms with Crippen LogP contribution in [0.15, 0.2) is 0 Å². The summed E-state index contributed by atoms with van der Waals surface area (Å²) in [7, 11) is -3.67. The van der Waals surface area contributed by atoms with Crippen molar-refractivity contribution in [1.82, 2.24) is 8.61 Å². The van der Waals surface area contributed by atoms with E-state index in [-0.39, 0.29) is 0 Å². The normalized spacial score (nSPS) is 29.4. The van der Waals surface area contributed by atoms with Gasteiger partial charge in [0.15, 0.2) is 0 Å². The third-order valence-electron chi connectivity index (χ3n) is 4.66. The van der Waals surface area contributed by atoms with Crippen LogP contribution in [-0.4, -0.2) is 53.3 Å². The van der Waals surface area contributed by atoms with E-state index in [1.807, 2.05) is 6.92 Å². The van der Waals surface area contributed by atoms with Crippen molar-refractivity contribution < 1.29 is 18.3 Å². The maximum absolute atomic E-state index is 12.9. The largest absolute Gasteiger partial charge is 0.480 e. The maximum Gasteiger partial charge on any atom is 0.325 e. The highest BCUT2D eigenvalue weighted by atomic mass is 32.2. The van der Waals surface area contributed by atoms with Crippen LogP contribution in [0.25, 0.3) is 0 Å². The highest BCUT2D eigenvalue weighted by Crippen LogP contribution is 2.37. The van der Waals surface area contributed by atoms with Crippen molar-refractivity contribution in [2.24, 2.45) is 0 Å². The van der Waals surface area contributed by atoms with E-state index in [1.54, 1.807) is 0 Å². The molecule has 2 fully saturated rings. The van der Waals surface area contributed by atoms with Gasteiger partial charge in [-0.2, -0.15) is 17.0 Å². The van der Waals surface area contributed by atoms with Gasteiger partial charge >= 0.3 is 5.97 Å². The summed E-state index contributed by atoms with van der Waals surface area (Å²) in [5.74, 6) is -1.000. The Hall–Kier alpha value is -0.660. The summed E-state index contributed by atoms with van der Waals surface area (Å²) >= 11 is 0. The van der Waals surface area contributed by atoms with Gasteiger partial charge in [0.05, 0.1) is 0 Å². The number of hydrogen-bond acceptors (Lipinski definition) is 3. The standard InChI is InChI=1S/C14H26N2O4S/c1-2-8-14(13(17)18)9-7-12-16(14)21(19,20)15-10-5-3-4-6-11-15/h2-12H2,1H3,(H,17,18). The second-order valence-corrected chi connectivity index (χ2v) is 7.94. The minimum atomic E-state index is -3.67. The molecule has 0 aromatic heterocycles. The third kappa shape index (κ3) is 3.10. The zero-order valence-corrected chi connectivity index (χ0v) is 13.6. The van der Waals surface area contributed by atoms with Gasteiger partial charge in [0.2, 0.25) is 0 Å². The molecule has 122 valence electrons. The van der Waals surface area contributed by atoms with Gasteiger partial charge in [-0.25, -0.2) is 0 Å². The first-order valence-electron chi connectivity index (χ1n) is 7.96. The smallest absolute Gasteiger partial charge is 0.325 e. The number of carboxylic acid groups (broad SMARTS) is 1. The molecule has 7 heteroatoms. The lowest BCUT2D eigenvalue weighted by atomic mass is 9.92. The zero-order chi connectivity index (χ0) is 15.5. The van der Waals surface area contributed by atoms with Crippen LogP contribution >= 0.6 is 0 Å². The van der Waals surface area contributed by atoms with E-state index in [4.69, 9.17) is 0 Å². The number of carbonyl (C=O) groups is 1. The second kappa shape index (κ2) is 6.62. The summed E-state index contributed by atoms with van der Waals surface area (Å²) in [5, 5.41) is 9.66. The van der Waals surface area contributed by atoms with E-state index in [0.717, 1.165) is 25.7 Å². The predicted octanol–water partition coefficient (Wildman–Crippen LogP) is 1.83. The quantitative estimate of drug-likeness (QED) is 0.839. The first-order valence-corrected chi connectivity index (χ1v) is 9.36. The number of rotatable bonds is 5. The Kier molecular flexibility index (Phi) is 5.27. The molecule has 6 nitrogen and oxygen atoms in total. The molecule has 1 N–H and O–H groups in total. The number of aliphatic carboxylic acids is 1. The van der Waals surface area contributed by atoms with Gasteiger partial charge in [0.25, 0.3) is 10.2 Å². The molecule has 2 rings (SSSR count). The maximum atomic E-state index is 12.9. The van der Waals surface area contributed by atoms with E-state index >= 15 is 0 Å².